The lowest BCUT2D eigenvalue weighted by Crippen LogP contribution is -2.22. The van der Waals surface area contributed by atoms with Crippen molar-refractivity contribution >= 4 is 28.4 Å². The molecule has 28 heavy (non-hydrogen) atoms. The highest BCUT2D eigenvalue weighted by Gasteiger charge is 2.14. The van der Waals surface area contributed by atoms with E-state index in [1.807, 2.05) is 62.4 Å². The van der Waals surface area contributed by atoms with Crippen molar-refractivity contribution in [1.82, 2.24) is 4.98 Å². The Morgan fingerprint density at radius 3 is 2.61 bits per heavy atom. The molecule has 0 aliphatic rings. The van der Waals surface area contributed by atoms with Crippen molar-refractivity contribution in [2.75, 3.05) is 5.32 Å². The quantitative estimate of drug-likeness (QED) is 0.557. The van der Waals surface area contributed by atoms with Gasteiger partial charge in [0.25, 0.3) is 5.91 Å². The standard InChI is InChI=1S/C23H19N3O2/c1-15-10-11-19(16(2)13-15)25-23-18(14-17-7-3-4-8-20(17)28-23)22(27)26-21-9-5-6-12-24-21/h3-14H,1-2H3,(H,24,26,27). The molecular weight excluding hydrogens is 350 g/mol. The fourth-order valence-electron chi connectivity index (χ4n) is 2.98. The molecule has 2 aromatic heterocycles. The molecule has 0 saturated heterocycles. The molecular formula is C23H19N3O2. The van der Waals surface area contributed by atoms with Gasteiger partial charge in [0.05, 0.1) is 5.69 Å². The van der Waals surface area contributed by atoms with E-state index in [0.29, 0.717) is 17.0 Å². The van der Waals surface area contributed by atoms with Crippen molar-refractivity contribution in [3.63, 3.8) is 0 Å². The van der Waals surface area contributed by atoms with E-state index in [1.165, 1.54) is 0 Å². The average molecular weight is 369 g/mol. The molecule has 0 aliphatic heterocycles. The third kappa shape index (κ3) is 3.69. The van der Waals surface area contributed by atoms with Crippen LogP contribution in [0.4, 0.5) is 11.5 Å². The van der Waals surface area contributed by atoms with Gasteiger partial charge in [0.2, 0.25) is 5.55 Å². The van der Waals surface area contributed by atoms with E-state index in [1.54, 1.807) is 24.4 Å². The predicted octanol–water partition coefficient (Wildman–Crippen LogP) is 4.93. The van der Waals surface area contributed by atoms with Gasteiger partial charge in [-0.25, -0.2) is 9.98 Å². The van der Waals surface area contributed by atoms with Crippen molar-refractivity contribution < 1.29 is 9.21 Å². The number of carbonyl (C=O) groups excluding carboxylic acids is 1. The summed E-state index contributed by atoms with van der Waals surface area (Å²) in [5.74, 6) is 0.148. The van der Waals surface area contributed by atoms with Crippen LogP contribution in [0.5, 0.6) is 0 Å². The predicted molar refractivity (Wildman–Crippen MR) is 110 cm³/mol. The maximum absolute atomic E-state index is 12.9. The molecule has 2 heterocycles. The number of fused-ring (bicyclic) bond motifs is 1. The van der Waals surface area contributed by atoms with Crippen LogP contribution in [-0.2, 0) is 0 Å². The maximum atomic E-state index is 12.9. The van der Waals surface area contributed by atoms with Crippen LogP contribution in [0, 0.1) is 13.8 Å². The number of aryl methyl sites for hydroxylation is 2. The molecule has 2 aromatic carbocycles. The Labute approximate surface area is 162 Å². The number of hydrogen-bond acceptors (Lipinski definition) is 4. The number of anilines is 1. The molecule has 0 aliphatic carbocycles. The van der Waals surface area contributed by atoms with Crippen LogP contribution in [0.1, 0.15) is 21.5 Å². The zero-order valence-corrected chi connectivity index (χ0v) is 15.6. The second-order valence-corrected chi connectivity index (χ2v) is 6.57. The number of nitrogens with one attached hydrogen (secondary N) is 1. The smallest absolute Gasteiger partial charge is 0.262 e. The van der Waals surface area contributed by atoms with Crippen molar-refractivity contribution in [3.8, 4) is 0 Å². The van der Waals surface area contributed by atoms with Crippen LogP contribution in [-0.4, -0.2) is 10.9 Å². The first-order valence-corrected chi connectivity index (χ1v) is 8.97. The molecule has 138 valence electrons. The molecule has 4 rings (SSSR count). The van der Waals surface area contributed by atoms with E-state index in [0.717, 1.165) is 22.2 Å². The molecule has 4 aromatic rings. The van der Waals surface area contributed by atoms with E-state index in [-0.39, 0.29) is 11.5 Å². The van der Waals surface area contributed by atoms with Gasteiger partial charge < -0.3 is 9.73 Å². The zero-order chi connectivity index (χ0) is 19.5. The van der Waals surface area contributed by atoms with Gasteiger partial charge in [-0.2, -0.15) is 0 Å². The molecule has 0 fully saturated rings. The lowest BCUT2D eigenvalue weighted by atomic mass is 10.1. The Balaban J connectivity index is 1.87. The molecule has 5 nitrogen and oxygen atoms in total. The zero-order valence-electron chi connectivity index (χ0n) is 15.6. The SMILES string of the molecule is Cc1ccc(N=c2oc3ccccc3cc2C(=O)Nc2ccccn2)c(C)c1. The summed E-state index contributed by atoms with van der Waals surface area (Å²) >= 11 is 0. The van der Waals surface area contributed by atoms with Gasteiger partial charge in [0, 0.05) is 11.6 Å². The Kier molecular flexibility index (Phi) is 4.72. The van der Waals surface area contributed by atoms with E-state index < -0.39 is 0 Å². The van der Waals surface area contributed by atoms with Gasteiger partial charge >= 0.3 is 0 Å². The van der Waals surface area contributed by atoms with Crippen LogP contribution < -0.4 is 10.9 Å². The molecule has 0 spiro atoms. The lowest BCUT2D eigenvalue weighted by Gasteiger charge is -2.07. The van der Waals surface area contributed by atoms with E-state index in [2.05, 4.69) is 15.3 Å². The number of amides is 1. The molecule has 0 radical (unpaired) electrons. The summed E-state index contributed by atoms with van der Waals surface area (Å²) in [7, 11) is 0. The van der Waals surface area contributed by atoms with Gasteiger partial charge in [-0.1, -0.05) is 42.0 Å². The third-order valence-corrected chi connectivity index (χ3v) is 4.38. The molecule has 0 unspecified atom stereocenters. The number of aromatic nitrogens is 1. The molecule has 0 atom stereocenters. The first-order chi connectivity index (χ1) is 13.6. The van der Waals surface area contributed by atoms with E-state index in [9.17, 15) is 4.79 Å². The fourth-order valence-corrected chi connectivity index (χ4v) is 2.98. The molecule has 0 bridgehead atoms. The van der Waals surface area contributed by atoms with Gasteiger partial charge in [-0.3, -0.25) is 4.79 Å². The van der Waals surface area contributed by atoms with Crippen LogP contribution in [0.3, 0.4) is 0 Å². The lowest BCUT2D eigenvalue weighted by molar-refractivity contribution is 0.102. The second kappa shape index (κ2) is 7.48. The van der Waals surface area contributed by atoms with Gasteiger partial charge in [0.15, 0.2) is 0 Å². The average Bonchev–Trinajstić information content (AvgIpc) is 2.70. The van der Waals surface area contributed by atoms with Crippen LogP contribution in [0.2, 0.25) is 0 Å². The molecule has 5 heteroatoms. The van der Waals surface area contributed by atoms with Crippen molar-refractivity contribution in [2.45, 2.75) is 13.8 Å². The van der Waals surface area contributed by atoms with Crippen molar-refractivity contribution in [3.05, 3.63) is 95.2 Å². The van der Waals surface area contributed by atoms with Gasteiger partial charge in [0.1, 0.15) is 17.0 Å². The Bertz CT molecular complexity index is 1230. The number of benzene rings is 2. The second-order valence-electron chi connectivity index (χ2n) is 6.57. The number of para-hydroxylation sites is 1. The minimum absolute atomic E-state index is 0.263. The normalized spacial score (nSPS) is 11.6. The summed E-state index contributed by atoms with van der Waals surface area (Å²) in [5.41, 5.74) is 4.21. The topological polar surface area (TPSA) is 67.5 Å². The minimum atomic E-state index is -0.322. The number of rotatable bonds is 3. The van der Waals surface area contributed by atoms with Gasteiger partial charge in [-0.05, 0) is 49.7 Å². The largest absolute Gasteiger partial charge is 0.438 e. The van der Waals surface area contributed by atoms with Crippen LogP contribution in [0.25, 0.3) is 11.0 Å². The summed E-state index contributed by atoms with van der Waals surface area (Å²) in [6.07, 6.45) is 1.63. The van der Waals surface area contributed by atoms with E-state index >= 15 is 0 Å². The Hall–Kier alpha value is -3.73. The Morgan fingerprint density at radius 2 is 1.82 bits per heavy atom. The minimum Gasteiger partial charge on any atom is -0.438 e. The highest BCUT2D eigenvalue weighted by molar-refractivity contribution is 6.04. The highest BCUT2D eigenvalue weighted by atomic mass is 16.3. The van der Waals surface area contributed by atoms with Crippen LogP contribution >= 0.6 is 0 Å². The summed E-state index contributed by atoms with van der Waals surface area (Å²) in [5, 5.41) is 3.63. The molecule has 1 amide bonds. The maximum Gasteiger partial charge on any atom is 0.262 e. The fraction of sp³-hybridized carbons (Fsp3) is 0.0870. The summed E-state index contributed by atoms with van der Waals surface area (Å²) in [4.78, 5) is 21.7. The summed E-state index contributed by atoms with van der Waals surface area (Å²) in [6.45, 7) is 4.02. The number of hydrogen-bond donors (Lipinski definition) is 1. The number of carbonyl (C=O) groups is 1. The monoisotopic (exact) mass is 369 g/mol. The Morgan fingerprint density at radius 1 is 1.00 bits per heavy atom. The summed E-state index contributed by atoms with van der Waals surface area (Å²) in [6, 6.07) is 20.6. The molecule has 1 N–H and O–H groups in total. The first kappa shape index (κ1) is 17.7. The number of nitrogens with zero attached hydrogens (tertiary/aromatic N) is 2. The van der Waals surface area contributed by atoms with Crippen molar-refractivity contribution in [1.29, 1.82) is 0 Å². The van der Waals surface area contributed by atoms with E-state index in [4.69, 9.17) is 4.42 Å². The van der Waals surface area contributed by atoms with Gasteiger partial charge in [-0.15, -0.1) is 0 Å². The number of pyridine rings is 1. The third-order valence-electron chi connectivity index (χ3n) is 4.38. The highest BCUT2D eigenvalue weighted by Crippen LogP contribution is 2.20. The van der Waals surface area contributed by atoms with Crippen LogP contribution in [0.15, 0.2) is 82.3 Å². The first-order valence-electron chi connectivity index (χ1n) is 8.97. The van der Waals surface area contributed by atoms with Crippen molar-refractivity contribution in [2.24, 2.45) is 4.99 Å². The summed E-state index contributed by atoms with van der Waals surface area (Å²) < 4.78 is 5.99. The molecule has 0 saturated carbocycles.